The van der Waals surface area contributed by atoms with Crippen molar-refractivity contribution in [1.29, 1.82) is 0 Å². The summed E-state index contributed by atoms with van der Waals surface area (Å²) in [5.41, 5.74) is 0.335. The Morgan fingerprint density at radius 3 is 2.29 bits per heavy atom. The van der Waals surface area contributed by atoms with Crippen LogP contribution < -0.4 is 5.32 Å². The van der Waals surface area contributed by atoms with Gasteiger partial charge in [-0.2, -0.15) is 0 Å². The minimum absolute atomic E-state index is 0.128. The molecule has 2 nitrogen and oxygen atoms in total. The van der Waals surface area contributed by atoms with Crippen LogP contribution in [0.15, 0.2) is 4.99 Å². The number of nitrogens with one attached hydrogen (secondary N) is 1. The van der Waals surface area contributed by atoms with Gasteiger partial charge in [0.2, 0.25) is 0 Å². The van der Waals surface area contributed by atoms with Crippen LogP contribution >= 0.6 is 11.8 Å². The number of hydrogen-bond acceptors (Lipinski definition) is 3. The van der Waals surface area contributed by atoms with Crippen molar-refractivity contribution in [3.05, 3.63) is 0 Å². The summed E-state index contributed by atoms with van der Waals surface area (Å²) in [4.78, 5) is 4.81. The average molecular weight is 214 g/mol. The summed E-state index contributed by atoms with van der Waals surface area (Å²) in [5, 5.41) is 4.58. The minimum atomic E-state index is 0.128. The topological polar surface area (TPSA) is 24.4 Å². The van der Waals surface area contributed by atoms with Crippen molar-refractivity contribution in [3.8, 4) is 0 Å². The lowest BCUT2D eigenvalue weighted by atomic mass is 9.97. The maximum atomic E-state index is 4.81. The van der Waals surface area contributed by atoms with E-state index in [1.54, 1.807) is 0 Å². The highest BCUT2D eigenvalue weighted by molar-refractivity contribution is 8.14. The number of hydrogen-bond donors (Lipinski definition) is 1. The van der Waals surface area contributed by atoms with Crippen LogP contribution in [-0.2, 0) is 0 Å². The summed E-state index contributed by atoms with van der Waals surface area (Å²) in [5.74, 6) is 1.14. The van der Waals surface area contributed by atoms with Gasteiger partial charge in [-0.1, -0.05) is 25.6 Å². The van der Waals surface area contributed by atoms with E-state index in [2.05, 4.69) is 39.9 Å². The van der Waals surface area contributed by atoms with Gasteiger partial charge in [0.15, 0.2) is 5.17 Å². The van der Waals surface area contributed by atoms with Crippen molar-refractivity contribution >= 4 is 16.9 Å². The monoisotopic (exact) mass is 214 g/mol. The molecule has 0 bridgehead atoms. The van der Waals surface area contributed by atoms with Crippen molar-refractivity contribution in [2.24, 2.45) is 4.99 Å². The Morgan fingerprint density at radius 1 is 1.36 bits per heavy atom. The zero-order chi connectivity index (χ0) is 10.8. The smallest absolute Gasteiger partial charge is 0.157 e. The molecule has 0 spiro atoms. The number of rotatable bonds is 2. The molecule has 0 aromatic heterocycles. The van der Waals surface area contributed by atoms with E-state index in [9.17, 15) is 0 Å². The highest BCUT2D eigenvalue weighted by atomic mass is 32.2. The molecule has 0 saturated heterocycles. The van der Waals surface area contributed by atoms with Gasteiger partial charge in [-0.25, -0.2) is 0 Å². The van der Waals surface area contributed by atoms with Gasteiger partial charge in [0.25, 0.3) is 0 Å². The largest absolute Gasteiger partial charge is 0.360 e. The first-order valence-corrected chi connectivity index (χ1v) is 6.40. The SMILES string of the molecule is CCC1(CC)CSC(NC(C)(C)C)=N1. The lowest BCUT2D eigenvalue weighted by molar-refractivity contribution is 0.450. The minimum Gasteiger partial charge on any atom is -0.360 e. The number of thioether (sulfide) groups is 1. The van der Waals surface area contributed by atoms with E-state index in [-0.39, 0.29) is 11.1 Å². The molecule has 1 N–H and O–H groups in total. The van der Waals surface area contributed by atoms with E-state index < -0.39 is 0 Å². The number of aliphatic imine (C=N–C) groups is 1. The van der Waals surface area contributed by atoms with Gasteiger partial charge in [-0.3, -0.25) is 4.99 Å². The number of nitrogens with zero attached hydrogens (tertiary/aromatic N) is 1. The molecule has 1 aliphatic rings. The van der Waals surface area contributed by atoms with Crippen LogP contribution in [0.4, 0.5) is 0 Å². The Balaban J connectivity index is 2.66. The van der Waals surface area contributed by atoms with Crippen LogP contribution in [0.3, 0.4) is 0 Å². The normalized spacial score (nSPS) is 20.8. The summed E-state index contributed by atoms with van der Waals surface area (Å²) < 4.78 is 0. The second-order valence-corrected chi connectivity index (χ2v) is 5.98. The summed E-state index contributed by atoms with van der Waals surface area (Å²) in [6.07, 6.45) is 2.29. The molecule has 3 heteroatoms. The summed E-state index contributed by atoms with van der Waals surface area (Å²) in [6, 6.07) is 0. The van der Waals surface area contributed by atoms with Crippen LogP contribution in [0.2, 0.25) is 0 Å². The Hall–Kier alpha value is -0.180. The predicted molar refractivity (Wildman–Crippen MR) is 66.1 cm³/mol. The zero-order valence-corrected chi connectivity index (χ0v) is 10.8. The third-order valence-electron chi connectivity index (χ3n) is 2.61. The molecular formula is C11H22N2S. The summed E-state index contributed by atoms with van der Waals surface area (Å²) in [6.45, 7) is 11.0. The molecule has 0 radical (unpaired) electrons. The highest BCUT2D eigenvalue weighted by Crippen LogP contribution is 2.33. The molecule has 0 fully saturated rings. The second-order valence-electron chi connectivity index (χ2n) is 5.01. The van der Waals surface area contributed by atoms with Gasteiger partial charge >= 0.3 is 0 Å². The first-order valence-electron chi connectivity index (χ1n) is 5.41. The second kappa shape index (κ2) is 4.13. The summed E-state index contributed by atoms with van der Waals surface area (Å²) in [7, 11) is 0. The summed E-state index contributed by atoms with van der Waals surface area (Å²) >= 11 is 1.86. The van der Waals surface area contributed by atoms with Crippen LogP contribution in [-0.4, -0.2) is 22.0 Å². The first kappa shape index (κ1) is 11.9. The molecule has 0 aromatic rings. The molecule has 0 amide bonds. The Bertz CT molecular complexity index is 224. The lowest BCUT2D eigenvalue weighted by Crippen LogP contribution is -2.38. The predicted octanol–water partition coefficient (Wildman–Crippen LogP) is 3.04. The third kappa shape index (κ3) is 2.91. The van der Waals surface area contributed by atoms with Gasteiger partial charge in [-0.15, -0.1) is 0 Å². The van der Waals surface area contributed by atoms with Crippen LogP contribution in [0.25, 0.3) is 0 Å². The Labute approximate surface area is 92.0 Å². The van der Waals surface area contributed by atoms with E-state index in [0.717, 1.165) is 23.8 Å². The molecule has 1 rings (SSSR count). The highest BCUT2D eigenvalue weighted by Gasteiger charge is 2.32. The Morgan fingerprint density at radius 2 is 1.93 bits per heavy atom. The van der Waals surface area contributed by atoms with Gasteiger partial charge < -0.3 is 5.32 Å². The van der Waals surface area contributed by atoms with E-state index in [4.69, 9.17) is 4.99 Å². The van der Waals surface area contributed by atoms with E-state index >= 15 is 0 Å². The van der Waals surface area contributed by atoms with Crippen LogP contribution in [0.1, 0.15) is 47.5 Å². The quantitative estimate of drug-likeness (QED) is 0.764. The molecule has 0 aliphatic carbocycles. The fourth-order valence-electron chi connectivity index (χ4n) is 1.48. The van der Waals surface area contributed by atoms with E-state index in [1.165, 1.54) is 0 Å². The van der Waals surface area contributed by atoms with Gasteiger partial charge in [0.05, 0.1) is 5.54 Å². The van der Waals surface area contributed by atoms with Crippen molar-refractivity contribution in [2.75, 3.05) is 5.75 Å². The molecular weight excluding hydrogens is 192 g/mol. The molecule has 0 saturated carbocycles. The standard InChI is InChI=1S/C11H22N2S/c1-6-11(7-2)8-14-9(13-11)12-10(3,4)5/h6-8H2,1-5H3,(H,12,13). The number of amidine groups is 1. The third-order valence-corrected chi connectivity index (χ3v) is 3.76. The fraction of sp³-hybridized carbons (Fsp3) is 0.909. The average Bonchev–Trinajstić information content (AvgIpc) is 2.46. The zero-order valence-electron chi connectivity index (χ0n) is 9.98. The van der Waals surface area contributed by atoms with Gasteiger partial charge in [0.1, 0.15) is 0 Å². The molecule has 82 valence electrons. The molecule has 0 aromatic carbocycles. The van der Waals surface area contributed by atoms with Crippen molar-refractivity contribution in [1.82, 2.24) is 5.32 Å². The molecule has 0 unspecified atom stereocenters. The first-order chi connectivity index (χ1) is 6.41. The van der Waals surface area contributed by atoms with Gasteiger partial charge in [-0.05, 0) is 33.6 Å². The fourth-order valence-corrected chi connectivity index (χ4v) is 2.99. The van der Waals surface area contributed by atoms with Crippen molar-refractivity contribution < 1.29 is 0 Å². The van der Waals surface area contributed by atoms with E-state index in [1.807, 2.05) is 11.8 Å². The van der Waals surface area contributed by atoms with Crippen molar-refractivity contribution in [2.45, 2.75) is 58.5 Å². The van der Waals surface area contributed by atoms with Crippen LogP contribution in [0.5, 0.6) is 0 Å². The Kier molecular flexibility index (Phi) is 3.51. The van der Waals surface area contributed by atoms with Crippen molar-refractivity contribution in [3.63, 3.8) is 0 Å². The molecule has 1 aliphatic heterocycles. The van der Waals surface area contributed by atoms with Crippen LogP contribution in [0, 0.1) is 0 Å². The molecule has 1 heterocycles. The van der Waals surface area contributed by atoms with E-state index in [0.29, 0.717) is 0 Å². The lowest BCUT2D eigenvalue weighted by Gasteiger charge is -2.22. The molecule has 14 heavy (non-hydrogen) atoms. The maximum Gasteiger partial charge on any atom is 0.157 e. The molecule has 0 atom stereocenters. The van der Waals surface area contributed by atoms with Gasteiger partial charge in [0, 0.05) is 11.3 Å². The maximum absolute atomic E-state index is 4.81.